The Morgan fingerprint density at radius 3 is 2.61 bits per heavy atom. The molecule has 1 aromatic carbocycles. The van der Waals surface area contributed by atoms with Crippen molar-refractivity contribution in [3.63, 3.8) is 0 Å². The monoisotopic (exact) mass is 386 g/mol. The van der Waals surface area contributed by atoms with E-state index in [2.05, 4.69) is 5.10 Å². The van der Waals surface area contributed by atoms with Crippen molar-refractivity contribution >= 4 is 17.6 Å². The summed E-state index contributed by atoms with van der Waals surface area (Å²) in [4.78, 5) is 37.5. The molecule has 28 heavy (non-hydrogen) atoms. The van der Waals surface area contributed by atoms with Gasteiger partial charge in [0, 0.05) is 24.8 Å². The summed E-state index contributed by atoms with van der Waals surface area (Å²) in [5, 5.41) is 12.7. The molecule has 9 heteroatoms. The van der Waals surface area contributed by atoms with Gasteiger partial charge in [0.25, 0.3) is 11.5 Å². The van der Waals surface area contributed by atoms with Gasteiger partial charge >= 0.3 is 5.97 Å². The molecule has 8 nitrogen and oxygen atoms in total. The Labute approximate surface area is 160 Å². The smallest absolute Gasteiger partial charge is 0.359 e. The summed E-state index contributed by atoms with van der Waals surface area (Å²) in [6.45, 7) is 1.70. The zero-order valence-corrected chi connectivity index (χ0v) is 15.3. The molecule has 0 spiro atoms. The first-order valence-corrected chi connectivity index (χ1v) is 8.64. The summed E-state index contributed by atoms with van der Waals surface area (Å²) in [5.74, 6) is -1.88. The molecule has 0 aliphatic heterocycles. The standard InChI is InChI=1S/C19H19FN4O4/c1-2-11-24-17(25)9-8-16(22-24)19(27)28-13-18(26)23(12-3-10-21)15-6-4-14(20)5-7-15/h4-9H,2-3,11-13H2,1H3. The topological polar surface area (TPSA) is 105 Å². The first-order chi connectivity index (χ1) is 13.5. The molecule has 0 aliphatic carbocycles. The first-order valence-electron chi connectivity index (χ1n) is 8.64. The third-order valence-corrected chi connectivity index (χ3v) is 3.72. The van der Waals surface area contributed by atoms with Gasteiger partial charge in [-0.1, -0.05) is 6.92 Å². The Hall–Kier alpha value is -3.54. The summed E-state index contributed by atoms with van der Waals surface area (Å²) in [5.41, 5.74) is -0.0491. The second kappa shape index (κ2) is 9.97. The molecule has 2 rings (SSSR count). The minimum atomic E-state index is -0.849. The van der Waals surface area contributed by atoms with Crippen LogP contribution in [-0.2, 0) is 16.1 Å². The lowest BCUT2D eigenvalue weighted by molar-refractivity contribution is -0.121. The number of rotatable bonds is 8. The Morgan fingerprint density at radius 2 is 1.96 bits per heavy atom. The number of esters is 1. The van der Waals surface area contributed by atoms with E-state index in [0.29, 0.717) is 18.7 Å². The maximum absolute atomic E-state index is 13.1. The van der Waals surface area contributed by atoms with Crippen molar-refractivity contribution in [1.82, 2.24) is 9.78 Å². The van der Waals surface area contributed by atoms with E-state index in [0.717, 1.165) is 4.68 Å². The third-order valence-electron chi connectivity index (χ3n) is 3.72. The molecule has 0 fully saturated rings. The number of benzene rings is 1. The molecule has 0 saturated heterocycles. The fourth-order valence-electron chi connectivity index (χ4n) is 2.39. The Kier molecular flexibility index (Phi) is 7.39. The molecule has 2 aromatic rings. The first kappa shape index (κ1) is 20.8. The summed E-state index contributed by atoms with van der Waals surface area (Å²) in [6, 6.07) is 9.54. The van der Waals surface area contributed by atoms with Crippen LogP contribution in [0.5, 0.6) is 0 Å². The quantitative estimate of drug-likeness (QED) is 0.642. The highest BCUT2D eigenvalue weighted by molar-refractivity contribution is 5.96. The lowest BCUT2D eigenvalue weighted by Gasteiger charge is -2.21. The van der Waals surface area contributed by atoms with Gasteiger partial charge in [-0.05, 0) is 36.8 Å². The number of aryl methyl sites for hydroxylation is 1. The fraction of sp³-hybridized carbons (Fsp3) is 0.316. The maximum atomic E-state index is 13.1. The molecule has 0 aliphatic rings. The van der Waals surface area contributed by atoms with Crippen LogP contribution in [0.4, 0.5) is 10.1 Å². The van der Waals surface area contributed by atoms with Gasteiger partial charge in [-0.3, -0.25) is 9.59 Å². The van der Waals surface area contributed by atoms with E-state index in [1.54, 1.807) is 0 Å². The average molecular weight is 386 g/mol. The molecule has 0 N–H and O–H groups in total. The van der Waals surface area contributed by atoms with E-state index in [9.17, 15) is 18.8 Å². The summed E-state index contributed by atoms with van der Waals surface area (Å²) >= 11 is 0. The van der Waals surface area contributed by atoms with Gasteiger partial charge in [0.05, 0.1) is 12.5 Å². The normalized spacial score (nSPS) is 10.2. The molecule has 1 aromatic heterocycles. The Bertz CT molecular complexity index is 934. The van der Waals surface area contributed by atoms with Gasteiger partial charge in [-0.25, -0.2) is 13.9 Å². The van der Waals surface area contributed by atoms with Crippen LogP contribution in [0.25, 0.3) is 0 Å². The van der Waals surface area contributed by atoms with Gasteiger partial charge in [-0.2, -0.15) is 10.4 Å². The molecule has 0 atom stereocenters. The van der Waals surface area contributed by atoms with Crippen LogP contribution in [-0.4, -0.2) is 34.8 Å². The van der Waals surface area contributed by atoms with Gasteiger partial charge in [-0.15, -0.1) is 0 Å². The number of nitriles is 1. The second-order valence-corrected chi connectivity index (χ2v) is 5.79. The maximum Gasteiger partial charge on any atom is 0.359 e. The lowest BCUT2D eigenvalue weighted by atomic mass is 10.2. The molecule has 0 saturated carbocycles. The number of amides is 1. The molecule has 0 radical (unpaired) electrons. The molecule has 0 bridgehead atoms. The number of aromatic nitrogens is 2. The zero-order valence-electron chi connectivity index (χ0n) is 15.3. The van der Waals surface area contributed by atoms with Crippen molar-refractivity contribution in [2.24, 2.45) is 0 Å². The predicted molar refractivity (Wildman–Crippen MR) is 98.1 cm³/mol. The number of halogens is 1. The van der Waals surface area contributed by atoms with E-state index in [1.807, 2.05) is 13.0 Å². The summed E-state index contributed by atoms with van der Waals surface area (Å²) in [6.07, 6.45) is 0.718. The largest absolute Gasteiger partial charge is 0.451 e. The molecule has 146 valence electrons. The van der Waals surface area contributed by atoms with E-state index in [-0.39, 0.29) is 24.2 Å². The number of ether oxygens (including phenoxy) is 1. The highest BCUT2D eigenvalue weighted by atomic mass is 19.1. The predicted octanol–water partition coefficient (Wildman–Crippen LogP) is 1.90. The van der Waals surface area contributed by atoms with Crippen molar-refractivity contribution in [1.29, 1.82) is 5.26 Å². The van der Waals surface area contributed by atoms with Crippen LogP contribution in [0.3, 0.4) is 0 Å². The molecule has 1 amide bonds. The Balaban J connectivity index is 2.08. The third kappa shape index (κ3) is 5.48. The van der Waals surface area contributed by atoms with Gasteiger partial charge < -0.3 is 9.64 Å². The zero-order chi connectivity index (χ0) is 20.5. The van der Waals surface area contributed by atoms with Crippen molar-refractivity contribution < 1.29 is 18.7 Å². The number of anilines is 1. The Morgan fingerprint density at radius 1 is 1.25 bits per heavy atom. The minimum absolute atomic E-state index is 0.0561. The van der Waals surface area contributed by atoms with Crippen LogP contribution >= 0.6 is 0 Å². The van der Waals surface area contributed by atoms with E-state index < -0.39 is 24.3 Å². The minimum Gasteiger partial charge on any atom is -0.451 e. The average Bonchev–Trinajstić information content (AvgIpc) is 2.69. The van der Waals surface area contributed by atoms with Crippen molar-refractivity contribution in [3.8, 4) is 6.07 Å². The molecular weight excluding hydrogens is 367 g/mol. The number of carbonyl (C=O) groups is 2. The van der Waals surface area contributed by atoms with Crippen LogP contribution in [0.1, 0.15) is 30.3 Å². The van der Waals surface area contributed by atoms with Crippen molar-refractivity contribution in [2.75, 3.05) is 18.1 Å². The van der Waals surface area contributed by atoms with Gasteiger partial charge in [0.15, 0.2) is 12.3 Å². The molecule has 1 heterocycles. The fourth-order valence-corrected chi connectivity index (χ4v) is 2.39. The number of hydrogen-bond acceptors (Lipinski definition) is 6. The van der Waals surface area contributed by atoms with Crippen LogP contribution in [0.2, 0.25) is 0 Å². The van der Waals surface area contributed by atoms with E-state index in [4.69, 9.17) is 10.00 Å². The van der Waals surface area contributed by atoms with Crippen LogP contribution < -0.4 is 10.5 Å². The number of carbonyl (C=O) groups excluding carboxylic acids is 2. The highest BCUT2D eigenvalue weighted by Gasteiger charge is 2.19. The molecule has 0 unspecified atom stereocenters. The van der Waals surface area contributed by atoms with Gasteiger partial charge in [0.2, 0.25) is 0 Å². The summed E-state index contributed by atoms with van der Waals surface area (Å²) in [7, 11) is 0. The van der Waals surface area contributed by atoms with Crippen molar-refractivity contribution in [2.45, 2.75) is 26.3 Å². The lowest BCUT2D eigenvalue weighted by Crippen LogP contribution is -2.35. The number of hydrogen-bond donors (Lipinski definition) is 0. The van der Waals surface area contributed by atoms with E-state index in [1.165, 1.54) is 41.3 Å². The van der Waals surface area contributed by atoms with Crippen LogP contribution in [0.15, 0.2) is 41.2 Å². The summed E-state index contributed by atoms with van der Waals surface area (Å²) < 4.78 is 19.3. The highest BCUT2D eigenvalue weighted by Crippen LogP contribution is 2.16. The second-order valence-electron chi connectivity index (χ2n) is 5.79. The SMILES string of the molecule is CCCn1nc(C(=O)OCC(=O)N(CCC#N)c2ccc(F)cc2)ccc1=O. The number of nitrogens with zero attached hydrogens (tertiary/aromatic N) is 4. The molecular formula is C19H19FN4O4. The van der Waals surface area contributed by atoms with Gasteiger partial charge in [0.1, 0.15) is 5.82 Å². The van der Waals surface area contributed by atoms with Crippen molar-refractivity contribution in [3.05, 3.63) is 58.3 Å². The van der Waals surface area contributed by atoms with Crippen LogP contribution in [0, 0.1) is 17.1 Å². The van der Waals surface area contributed by atoms with E-state index >= 15 is 0 Å².